The highest BCUT2D eigenvalue weighted by atomic mass is 16.7. The third kappa shape index (κ3) is 13.8. The van der Waals surface area contributed by atoms with E-state index in [1.165, 1.54) is 0 Å². The molecule has 0 radical (unpaired) electrons. The van der Waals surface area contributed by atoms with Crippen LogP contribution >= 0.6 is 0 Å². The summed E-state index contributed by atoms with van der Waals surface area (Å²) < 4.78 is 11.3. The number of benzene rings is 2. The van der Waals surface area contributed by atoms with Crippen LogP contribution in [0.25, 0.3) is 0 Å². The van der Waals surface area contributed by atoms with Crippen molar-refractivity contribution in [1.29, 1.82) is 0 Å². The van der Waals surface area contributed by atoms with Gasteiger partial charge >= 0.3 is 5.97 Å². The first kappa shape index (κ1) is 30.9. The first-order valence-electron chi connectivity index (χ1n) is 12.5. The molecule has 2 aromatic carbocycles. The van der Waals surface area contributed by atoms with E-state index in [9.17, 15) is 14.4 Å². The number of carboxylic acids is 1. The van der Waals surface area contributed by atoms with Gasteiger partial charge in [-0.05, 0) is 11.1 Å². The van der Waals surface area contributed by atoms with Crippen LogP contribution in [0.2, 0.25) is 0 Å². The van der Waals surface area contributed by atoms with E-state index in [1.54, 1.807) is 0 Å². The summed E-state index contributed by atoms with van der Waals surface area (Å²) >= 11 is 0. The molecule has 0 bridgehead atoms. The van der Waals surface area contributed by atoms with Crippen LogP contribution in [0.1, 0.15) is 44.2 Å². The number of rotatable bonds is 19. The number of nitrogens with one attached hydrogen (secondary N) is 1. The lowest BCUT2D eigenvalue weighted by molar-refractivity contribution is -0.193. The number of hydrogen-bond donors (Lipinski definition) is 2. The maximum absolute atomic E-state index is 12.6. The van der Waals surface area contributed by atoms with Crippen molar-refractivity contribution in [2.24, 2.45) is 5.41 Å². The van der Waals surface area contributed by atoms with Crippen LogP contribution in [-0.2, 0) is 46.7 Å². The van der Waals surface area contributed by atoms with E-state index in [1.807, 2.05) is 74.5 Å². The minimum Gasteiger partial charge on any atom is -0.481 e. The number of aliphatic carboxylic acids is 1. The molecule has 0 fully saturated rings. The van der Waals surface area contributed by atoms with Gasteiger partial charge in [-0.25, -0.2) is 10.5 Å². The molecule has 38 heavy (non-hydrogen) atoms. The van der Waals surface area contributed by atoms with Crippen molar-refractivity contribution in [2.45, 2.75) is 46.3 Å². The lowest BCUT2D eigenvalue weighted by atomic mass is 9.96. The van der Waals surface area contributed by atoms with Crippen LogP contribution in [0.4, 0.5) is 0 Å². The lowest BCUT2D eigenvalue weighted by Gasteiger charge is -2.25. The van der Waals surface area contributed by atoms with Crippen molar-refractivity contribution in [3.63, 3.8) is 0 Å². The van der Waals surface area contributed by atoms with E-state index in [0.29, 0.717) is 13.2 Å². The Hall–Kier alpha value is -3.31. The van der Waals surface area contributed by atoms with Gasteiger partial charge in [0.15, 0.2) is 0 Å². The predicted octanol–water partition coefficient (Wildman–Crippen LogP) is 3.51. The summed E-state index contributed by atoms with van der Waals surface area (Å²) in [5.74, 6) is -1.63. The second-order valence-electron chi connectivity index (χ2n) is 9.47. The summed E-state index contributed by atoms with van der Waals surface area (Å²) in [7, 11) is 0. The van der Waals surface area contributed by atoms with E-state index < -0.39 is 5.97 Å². The molecule has 0 atom stereocenters. The fourth-order valence-electron chi connectivity index (χ4n) is 3.20. The van der Waals surface area contributed by atoms with Gasteiger partial charge in [-0.15, -0.1) is 0 Å². The van der Waals surface area contributed by atoms with Crippen LogP contribution in [0, 0.1) is 5.41 Å². The van der Waals surface area contributed by atoms with Crippen LogP contribution in [0.5, 0.6) is 0 Å². The van der Waals surface area contributed by atoms with Gasteiger partial charge in [0.1, 0.15) is 6.61 Å². The van der Waals surface area contributed by atoms with Crippen molar-refractivity contribution >= 4 is 17.8 Å². The molecule has 0 aliphatic rings. The Morgan fingerprint density at radius 2 is 1.37 bits per heavy atom. The lowest BCUT2D eigenvalue weighted by Crippen LogP contribution is -2.34. The monoisotopic (exact) mass is 530 g/mol. The van der Waals surface area contributed by atoms with Gasteiger partial charge in [-0.1, -0.05) is 74.5 Å². The molecule has 0 spiro atoms. The largest absolute Gasteiger partial charge is 0.481 e. The van der Waals surface area contributed by atoms with Gasteiger partial charge in [0.2, 0.25) is 11.8 Å². The summed E-state index contributed by atoms with van der Waals surface area (Å²) in [5.41, 5.74) is 3.89. The summed E-state index contributed by atoms with van der Waals surface area (Å²) in [4.78, 5) is 46.2. The van der Waals surface area contributed by atoms with Gasteiger partial charge < -0.3 is 14.6 Å². The average Bonchev–Trinajstić information content (AvgIpc) is 2.90. The zero-order valence-corrected chi connectivity index (χ0v) is 22.1. The van der Waals surface area contributed by atoms with Crippen molar-refractivity contribution in [3.05, 3.63) is 71.8 Å². The Bertz CT molecular complexity index is 969. The normalized spacial score (nSPS) is 11.2. The molecule has 2 amide bonds. The van der Waals surface area contributed by atoms with Crippen LogP contribution in [0.3, 0.4) is 0 Å². The zero-order chi connectivity index (χ0) is 27.6. The average molecular weight is 531 g/mol. The van der Waals surface area contributed by atoms with Crippen LogP contribution < -0.4 is 5.48 Å². The molecule has 10 nitrogen and oxygen atoms in total. The Morgan fingerprint density at radius 3 is 1.95 bits per heavy atom. The number of amides is 2. The van der Waals surface area contributed by atoms with Crippen LogP contribution in [0.15, 0.2) is 60.7 Å². The molecule has 0 saturated carbocycles. The molecule has 0 aromatic heterocycles. The number of nitrogens with zero attached hydrogens (tertiary/aromatic N) is 1. The van der Waals surface area contributed by atoms with E-state index in [2.05, 4.69) is 5.48 Å². The zero-order valence-electron chi connectivity index (χ0n) is 22.1. The molecular formula is C28H38N2O8. The molecule has 208 valence electrons. The second kappa shape index (κ2) is 17.2. The standard InChI is InChI=1S/C28H38N2O8/c1-28(2,21-35-17-14-25(31)29-37-19-23-9-5-3-6-10-23)22-36-18-15-26(32)30(16-13-27(33)34)38-20-24-11-7-4-8-12-24/h3-12H,13-22H2,1-2H3,(H,29,31)(H,33,34). The minimum atomic E-state index is -1.01. The predicted molar refractivity (Wildman–Crippen MR) is 139 cm³/mol. The SMILES string of the molecule is CC(C)(COCCC(=O)NOCc1ccccc1)COCCC(=O)N(CCC(=O)O)OCc1ccccc1. The van der Waals surface area contributed by atoms with E-state index in [4.69, 9.17) is 24.3 Å². The third-order valence-corrected chi connectivity index (χ3v) is 5.22. The Kier molecular flexibility index (Phi) is 14.0. The summed E-state index contributed by atoms with van der Waals surface area (Å²) in [6.45, 7) is 5.41. The van der Waals surface area contributed by atoms with Gasteiger partial charge in [0.25, 0.3) is 0 Å². The number of carboxylic acid groups (broad SMARTS) is 1. The Balaban J connectivity index is 1.60. The molecule has 2 rings (SSSR count). The minimum absolute atomic E-state index is 0.0501. The van der Waals surface area contributed by atoms with Crippen molar-refractivity contribution < 1.29 is 38.6 Å². The van der Waals surface area contributed by atoms with Crippen molar-refractivity contribution in [2.75, 3.05) is 33.0 Å². The molecule has 0 aliphatic carbocycles. The first-order chi connectivity index (χ1) is 18.2. The summed E-state index contributed by atoms with van der Waals surface area (Å²) in [6, 6.07) is 18.8. The third-order valence-electron chi connectivity index (χ3n) is 5.22. The Morgan fingerprint density at radius 1 is 0.816 bits per heavy atom. The molecule has 0 saturated heterocycles. The maximum atomic E-state index is 12.6. The summed E-state index contributed by atoms with van der Waals surface area (Å²) in [5, 5.41) is 10.1. The number of ether oxygens (including phenoxy) is 2. The number of hydroxylamine groups is 3. The van der Waals surface area contributed by atoms with Crippen LogP contribution in [-0.4, -0.2) is 60.9 Å². The smallest absolute Gasteiger partial charge is 0.305 e. The van der Waals surface area contributed by atoms with E-state index in [-0.39, 0.29) is 69.5 Å². The highest BCUT2D eigenvalue weighted by Gasteiger charge is 2.20. The summed E-state index contributed by atoms with van der Waals surface area (Å²) in [6.07, 6.45) is -0.00713. The molecular weight excluding hydrogens is 492 g/mol. The van der Waals surface area contributed by atoms with Gasteiger partial charge in [-0.3, -0.25) is 24.1 Å². The van der Waals surface area contributed by atoms with Crippen molar-refractivity contribution in [1.82, 2.24) is 10.5 Å². The van der Waals surface area contributed by atoms with Gasteiger partial charge in [0, 0.05) is 5.41 Å². The highest BCUT2D eigenvalue weighted by molar-refractivity contribution is 5.76. The molecule has 0 heterocycles. The topological polar surface area (TPSA) is 124 Å². The number of carbonyl (C=O) groups excluding carboxylic acids is 2. The first-order valence-corrected chi connectivity index (χ1v) is 12.5. The van der Waals surface area contributed by atoms with E-state index in [0.717, 1.165) is 16.2 Å². The number of carbonyl (C=O) groups is 3. The number of hydrogen-bond acceptors (Lipinski definition) is 7. The van der Waals surface area contributed by atoms with Gasteiger partial charge in [0.05, 0.1) is 58.8 Å². The molecule has 0 unspecified atom stereocenters. The quantitative estimate of drug-likeness (QED) is 0.209. The molecule has 0 aliphatic heterocycles. The second-order valence-corrected chi connectivity index (χ2v) is 9.47. The van der Waals surface area contributed by atoms with Crippen molar-refractivity contribution in [3.8, 4) is 0 Å². The Labute approximate surface area is 223 Å². The van der Waals surface area contributed by atoms with E-state index >= 15 is 0 Å². The fraction of sp³-hybridized carbons (Fsp3) is 0.464. The molecule has 2 aromatic rings. The molecule has 2 N–H and O–H groups in total. The highest BCUT2D eigenvalue weighted by Crippen LogP contribution is 2.16. The molecule has 10 heteroatoms. The maximum Gasteiger partial charge on any atom is 0.305 e. The fourth-order valence-corrected chi connectivity index (χ4v) is 3.20. The van der Waals surface area contributed by atoms with Gasteiger partial charge in [-0.2, -0.15) is 0 Å².